The molecule has 0 radical (unpaired) electrons. The molecule has 4 aromatic carbocycles. The number of aliphatic hydroxyl groups excluding tert-OH is 3. The molecule has 0 bridgehead atoms. The molecule has 39 nitrogen and oxygen atoms in total. The molecular weight excluding hydrogens is 1700 g/mol. The second-order valence-corrected chi connectivity index (χ2v) is 31.4. The number of alkyl halides is 2. The van der Waals surface area contributed by atoms with E-state index in [9.17, 15) is 48.9 Å². The molecule has 8 fully saturated rings. The third-order valence-electron chi connectivity index (χ3n) is 22.4. The molecule has 684 valence electrons. The summed E-state index contributed by atoms with van der Waals surface area (Å²) in [5, 5.41) is 50.8. The number of rotatable bonds is 46. The van der Waals surface area contributed by atoms with E-state index in [0.717, 1.165) is 54.1 Å². The summed E-state index contributed by atoms with van der Waals surface area (Å²) in [4.78, 5) is 142. The molecule has 7 N–H and O–H groups in total. The Bertz CT molecular complexity index is 4280. The minimum atomic E-state index is -3.06. The summed E-state index contributed by atoms with van der Waals surface area (Å²) in [7, 11) is 3.88. The van der Waals surface area contributed by atoms with Crippen molar-refractivity contribution in [3.8, 4) is 0 Å². The first kappa shape index (κ1) is 94.9. The Kier molecular flexibility index (Phi) is 33.4. The zero-order valence-electron chi connectivity index (χ0n) is 69.1. The van der Waals surface area contributed by atoms with Crippen LogP contribution in [0, 0.1) is 0 Å². The van der Waals surface area contributed by atoms with Crippen LogP contribution in [-0.2, 0) is 159 Å². The van der Waals surface area contributed by atoms with Gasteiger partial charge in [-0.2, -0.15) is 0 Å². The molecule has 24 atom stereocenters. The van der Waals surface area contributed by atoms with E-state index < -0.39 is 269 Å². The zero-order chi connectivity index (χ0) is 89.0. The first-order chi connectivity index (χ1) is 60.3. The van der Waals surface area contributed by atoms with E-state index >= 15 is 14.4 Å². The van der Waals surface area contributed by atoms with Gasteiger partial charge in [0.05, 0.1) is 138 Å². The summed E-state index contributed by atoms with van der Waals surface area (Å²) in [5.74, 6) is -20.4. The Morgan fingerprint density at radius 1 is 0.392 bits per heavy atom. The number of aliphatic hydroxyl groups is 3. The number of carbonyl (C=O) groups is 10. The average Bonchev–Trinajstić information content (AvgIpc) is 1.72. The Morgan fingerprint density at radius 3 is 1.00 bits per heavy atom. The third kappa shape index (κ3) is 23.0. The fourth-order valence-electron chi connectivity index (χ4n) is 16.5. The van der Waals surface area contributed by atoms with Crippen molar-refractivity contribution in [3.05, 3.63) is 144 Å². The lowest BCUT2D eigenvalue weighted by Gasteiger charge is -2.50. The maximum atomic E-state index is 15.4. The summed E-state index contributed by atoms with van der Waals surface area (Å²) in [5.41, 5.74) is 2.36. The maximum Gasteiger partial charge on any atom is 0.407 e. The molecule has 8 heterocycles. The normalized spacial score (nSPS) is 29.6. The summed E-state index contributed by atoms with van der Waals surface area (Å²) < 4.78 is 135. The number of fused-ring (bicyclic) bond motifs is 4. The van der Waals surface area contributed by atoms with Crippen LogP contribution in [0.4, 0.5) is 19.2 Å². The number of ether oxygens (including phenoxy) is 22. The molecule has 0 unspecified atom stereocenters. The molecular formula is C84H104Cl2N4O35. The maximum absolute atomic E-state index is 15.4. The number of esters is 6. The first-order valence-electron chi connectivity index (χ1n) is 41.0. The van der Waals surface area contributed by atoms with Crippen molar-refractivity contribution in [2.24, 2.45) is 0 Å². The Labute approximate surface area is 728 Å². The molecule has 125 heavy (non-hydrogen) atoms. The van der Waals surface area contributed by atoms with E-state index in [0.29, 0.717) is 35.1 Å². The monoisotopic (exact) mass is 1800 g/mol. The van der Waals surface area contributed by atoms with Gasteiger partial charge in [-0.1, -0.05) is 160 Å². The lowest BCUT2D eigenvalue weighted by molar-refractivity contribution is -0.360. The van der Waals surface area contributed by atoms with Crippen molar-refractivity contribution in [1.29, 1.82) is 0 Å². The van der Waals surface area contributed by atoms with E-state index in [2.05, 4.69) is 28.2 Å². The highest BCUT2D eigenvalue weighted by atomic mass is 35.5. The summed E-state index contributed by atoms with van der Waals surface area (Å²) in [6.45, 7) is -1.69. The lowest BCUT2D eigenvalue weighted by atomic mass is 9.87. The van der Waals surface area contributed by atoms with Gasteiger partial charge in [-0.3, -0.25) is 9.59 Å². The van der Waals surface area contributed by atoms with E-state index in [1.54, 1.807) is 121 Å². The standard InChI is InChI=1S/C84H104Cl2N4O35/c1-6-7-8-9-10-23-32-112-81(73(96)104-2)33-51-61(87-77(100)114-51)69(122-81)65(93)55(43-108-39-47-24-15-11-16-25-47)119-82(74(97)105-3)34-52-62(88-78(101)115-52)70(123-82)66(94)56(44-109-40-48-26-17-12-18-27-48)120-83(75(98)106-4)35-53-63(89-79(102)116-53)71(124-83)67(95)57(45-110-41-49-28-19-13-20-29-49)121-84(76(99)107-5)36-54-64(90-80(103)117-54)72(125-84)68(118-60(92)38-86)58(113-59(91)37-85)46-111-42-50-30-21-14-22-31-50/h11-22,24-31,51-58,61-72,93-95H,6-10,23,32-46H2,1-5H3,(H,87,100)(H,88,101)(H,89,102)(H,90,103)/t51-,52-,53-,54-,55+,56+,57+,58+,61+,62+,63+,64+,65+,66+,67+,68+,69+,70+,71+,72+,81+,82+,83+,84+/m0/s1. The molecule has 0 aliphatic carbocycles. The number of hydrogen-bond donors (Lipinski definition) is 7. The van der Waals surface area contributed by atoms with Crippen molar-refractivity contribution in [2.45, 2.75) is 243 Å². The van der Waals surface area contributed by atoms with E-state index in [-0.39, 0.29) is 33.0 Å². The first-order valence-corrected chi connectivity index (χ1v) is 42.0. The second kappa shape index (κ2) is 44.0. The molecule has 4 amide bonds. The Balaban J connectivity index is 0.914. The fraction of sp³-hybridized carbons (Fsp3) is 0.595. The lowest BCUT2D eigenvalue weighted by Crippen LogP contribution is -2.70. The molecule has 41 heteroatoms. The van der Waals surface area contributed by atoms with Crippen molar-refractivity contribution in [2.75, 3.05) is 73.2 Å². The van der Waals surface area contributed by atoms with Gasteiger partial charge in [0.15, 0.2) is 12.2 Å². The van der Waals surface area contributed by atoms with Gasteiger partial charge in [-0.25, -0.2) is 38.4 Å². The van der Waals surface area contributed by atoms with Crippen LogP contribution in [0.25, 0.3) is 0 Å². The topological polar surface area (TPSA) is 483 Å². The number of methoxy groups -OCH3 is 4. The molecule has 4 aromatic rings. The van der Waals surface area contributed by atoms with Gasteiger partial charge in [0, 0.05) is 0 Å². The minimum absolute atomic E-state index is 0.0594. The van der Waals surface area contributed by atoms with E-state index in [1.165, 1.54) is 0 Å². The highest BCUT2D eigenvalue weighted by Gasteiger charge is 2.68. The Hall–Kier alpha value is -9.24. The predicted octanol–water partition coefficient (Wildman–Crippen LogP) is 4.31. The average molecular weight is 1800 g/mol. The van der Waals surface area contributed by atoms with Crippen LogP contribution >= 0.6 is 23.2 Å². The van der Waals surface area contributed by atoms with Gasteiger partial charge >= 0.3 is 60.2 Å². The number of benzene rings is 4. The van der Waals surface area contributed by atoms with Crippen LogP contribution in [0.5, 0.6) is 0 Å². The van der Waals surface area contributed by atoms with Gasteiger partial charge in [0.2, 0.25) is 0 Å². The molecule has 8 saturated heterocycles. The van der Waals surface area contributed by atoms with Crippen LogP contribution < -0.4 is 21.3 Å². The molecule has 8 aliphatic heterocycles. The highest BCUT2D eigenvalue weighted by molar-refractivity contribution is 6.26. The van der Waals surface area contributed by atoms with Crippen LogP contribution in [0.3, 0.4) is 0 Å². The SMILES string of the molecule is CCCCCCCCO[C@]1(C(=O)OC)C[C@@H]2OC(=O)N[C@H]2[C@H]([C@H](O)[C@@H](COCc2ccccc2)O[C@]2(C(=O)OC)C[C@@H]3OC(=O)N[C@H]3[C@H]([C@H](O)[C@@H](COCc3ccccc3)O[C@]3(C(=O)OC)C[C@@H]4OC(=O)N[C@H]4[C@H]([C@H](O)[C@@H](COCc4ccccc4)O[C@]4(C(=O)OC)C[C@@H]5OC(=O)N[C@H]5[C@H]([C@H](OC(=O)CCl)[C@@H](COCc5ccccc5)OC(=O)CCl)O4)O3)O2)O1. The quantitative estimate of drug-likeness (QED) is 0.0140. The van der Waals surface area contributed by atoms with Crippen molar-refractivity contribution < 1.29 is 167 Å². The summed E-state index contributed by atoms with van der Waals surface area (Å²) in [6.07, 6.45) is -32.8. The predicted molar refractivity (Wildman–Crippen MR) is 423 cm³/mol. The Morgan fingerprint density at radius 2 is 0.672 bits per heavy atom. The molecule has 12 rings (SSSR count). The second-order valence-electron chi connectivity index (χ2n) is 30.9. The van der Waals surface area contributed by atoms with Crippen LogP contribution in [0.15, 0.2) is 121 Å². The molecule has 0 saturated carbocycles. The van der Waals surface area contributed by atoms with E-state index in [1.807, 2.05) is 0 Å². The third-order valence-corrected chi connectivity index (χ3v) is 22.8. The summed E-state index contributed by atoms with van der Waals surface area (Å²) in [6, 6.07) is 28.6. The largest absolute Gasteiger partial charge is 0.465 e. The van der Waals surface area contributed by atoms with Crippen LogP contribution in [-0.4, -0.2) is 294 Å². The minimum Gasteiger partial charge on any atom is -0.465 e. The van der Waals surface area contributed by atoms with Crippen molar-refractivity contribution in [1.82, 2.24) is 21.3 Å². The number of unbranched alkanes of at least 4 members (excludes halogenated alkanes) is 5. The van der Waals surface area contributed by atoms with Gasteiger partial charge < -0.3 is 141 Å². The number of alkyl carbamates (subject to hydrolysis) is 4. The van der Waals surface area contributed by atoms with Crippen LogP contribution in [0.2, 0.25) is 0 Å². The van der Waals surface area contributed by atoms with Crippen molar-refractivity contribution in [3.63, 3.8) is 0 Å². The number of carbonyl (C=O) groups excluding carboxylic acids is 10. The van der Waals surface area contributed by atoms with Crippen LogP contribution in [0.1, 0.15) is 93.4 Å². The van der Waals surface area contributed by atoms with E-state index in [4.69, 9.17) is 127 Å². The van der Waals surface area contributed by atoms with Gasteiger partial charge in [0.25, 0.3) is 23.1 Å². The van der Waals surface area contributed by atoms with Gasteiger partial charge in [-0.05, 0) is 28.7 Å². The molecule has 0 aromatic heterocycles. The number of amides is 4. The highest BCUT2D eigenvalue weighted by Crippen LogP contribution is 2.47. The summed E-state index contributed by atoms with van der Waals surface area (Å²) >= 11 is 12.1. The van der Waals surface area contributed by atoms with Gasteiger partial charge in [-0.15, -0.1) is 23.2 Å². The molecule has 0 spiro atoms. The fourth-order valence-corrected chi connectivity index (χ4v) is 16.6. The van der Waals surface area contributed by atoms with Gasteiger partial charge in [0.1, 0.15) is 97.2 Å². The number of hydrogen-bond acceptors (Lipinski definition) is 35. The molecule has 8 aliphatic rings. The number of halogens is 2. The zero-order valence-corrected chi connectivity index (χ0v) is 70.6. The number of nitrogens with one attached hydrogen (secondary N) is 4. The smallest absolute Gasteiger partial charge is 0.407 e. The van der Waals surface area contributed by atoms with Crippen molar-refractivity contribution >= 4 is 83.4 Å².